The third-order valence-electron chi connectivity index (χ3n) is 6.36. The molecule has 2 heterocycles. The van der Waals surface area contributed by atoms with E-state index >= 15 is 0 Å². The van der Waals surface area contributed by atoms with Crippen molar-refractivity contribution in [3.8, 4) is 5.75 Å². The van der Waals surface area contributed by atoms with Gasteiger partial charge in [0.15, 0.2) is 0 Å². The second-order valence-corrected chi connectivity index (χ2v) is 8.53. The number of hydrogen-bond donors (Lipinski definition) is 1. The summed E-state index contributed by atoms with van der Waals surface area (Å²) in [6.07, 6.45) is 6.86. The second kappa shape index (κ2) is 9.13. The summed E-state index contributed by atoms with van der Waals surface area (Å²) in [4.78, 5) is 39.3. The molecular weight excluding hydrogens is 437 g/mol. The van der Waals surface area contributed by atoms with E-state index in [0.29, 0.717) is 24.5 Å². The zero-order valence-electron chi connectivity index (χ0n) is 18.5. The molecule has 2 aromatic carbocycles. The highest BCUT2D eigenvalue weighted by Gasteiger charge is 2.40. The van der Waals surface area contributed by atoms with Crippen LogP contribution in [0, 0.1) is 5.82 Å². The van der Waals surface area contributed by atoms with Crippen LogP contribution in [0.15, 0.2) is 60.3 Å². The van der Waals surface area contributed by atoms with Gasteiger partial charge in [-0.2, -0.15) is 0 Å². The fraction of sp³-hybridized carbons (Fsp3) is 0.269. The lowest BCUT2D eigenvalue weighted by Crippen LogP contribution is -2.57. The zero-order valence-corrected chi connectivity index (χ0v) is 18.5. The minimum absolute atomic E-state index is 0.0445. The lowest BCUT2D eigenvalue weighted by molar-refractivity contribution is -0.131. The van der Waals surface area contributed by atoms with Crippen molar-refractivity contribution in [2.24, 2.45) is 0 Å². The van der Waals surface area contributed by atoms with Crippen molar-refractivity contribution in [1.82, 2.24) is 14.8 Å². The number of ether oxygens (including phenoxy) is 1. The monoisotopic (exact) mass is 461 g/mol. The molecule has 1 aliphatic heterocycles. The lowest BCUT2D eigenvalue weighted by atomic mass is 10.0. The number of imide groups is 2. The average Bonchev–Trinajstić information content (AvgIpc) is 3.47. The Balaban J connectivity index is 1.41. The third kappa shape index (κ3) is 4.19. The van der Waals surface area contributed by atoms with Crippen LogP contribution in [0.1, 0.15) is 31.2 Å². The Kier molecular flexibility index (Phi) is 5.88. The molecule has 1 saturated carbocycles. The number of nitrogens with one attached hydrogen (secondary N) is 1. The maximum absolute atomic E-state index is 13.2. The summed E-state index contributed by atoms with van der Waals surface area (Å²) in [6.45, 7) is 0.859. The van der Waals surface area contributed by atoms with E-state index in [2.05, 4.69) is 5.32 Å². The van der Waals surface area contributed by atoms with Crippen LogP contribution in [0.4, 0.5) is 9.18 Å². The molecule has 4 amide bonds. The van der Waals surface area contributed by atoms with E-state index in [1.807, 2.05) is 35.0 Å². The van der Waals surface area contributed by atoms with Crippen molar-refractivity contribution in [2.75, 3.05) is 6.61 Å². The molecule has 1 saturated heterocycles. The van der Waals surface area contributed by atoms with Gasteiger partial charge >= 0.3 is 6.03 Å². The topological polar surface area (TPSA) is 80.6 Å². The van der Waals surface area contributed by atoms with Crippen LogP contribution in [0.2, 0.25) is 0 Å². The number of fused-ring (bicyclic) bond motifs is 1. The van der Waals surface area contributed by atoms with Crippen LogP contribution >= 0.6 is 0 Å². The summed E-state index contributed by atoms with van der Waals surface area (Å²) < 4.78 is 20.8. The van der Waals surface area contributed by atoms with Gasteiger partial charge in [0.1, 0.15) is 23.7 Å². The van der Waals surface area contributed by atoms with Crippen molar-refractivity contribution in [3.63, 3.8) is 0 Å². The van der Waals surface area contributed by atoms with Crippen molar-refractivity contribution >= 4 is 34.8 Å². The number of para-hydroxylation sites is 1. The maximum Gasteiger partial charge on any atom is 0.331 e. The highest BCUT2D eigenvalue weighted by molar-refractivity contribution is 6.31. The molecule has 1 aromatic heterocycles. The molecule has 3 aromatic rings. The fourth-order valence-corrected chi connectivity index (χ4v) is 4.69. The first-order chi connectivity index (χ1) is 16.5. The van der Waals surface area contributed by atoms with E-state index in [0.717, 1.165) is 36.6 Å². The molecule has 2 fully saturated rings. The van der Waals surface area contributed by atoms with Gasteiger partial charge in [-0.3, -0.25) is 19.8 Å². The van der Waals surface area contributed by atoms with Gasteiger partial charge in [0.05, 0.1) is 6.54 Å². The summed E-state index contributed by atoms with van der Waals surface area (Å²) in [5, 5.41) is 3.20. The Hall–Kier alpha value is -3.94. The first-order valence-corrected chi connectivity index (χ1v) is 11.4. The van der Waals surface area contributed by atoms with Gasteiger partial charge in [-0.05, 0) is 49.2 Å². The Labute approximate surface area is 195 Å². The Bertz CT molecular complexity index is 1290. The molecule has 1 N–H and O–H groups in total. The van der Waals surface area contributed by atoms with Gasteiger partial charge in [-0.25, -0.2) is 9.18 Å². The Morgan fingerprint density at radius 1 is 1.03 bits per heavy atom. The van der Waals surface area contributed by atoms with E-state index in [-0.39, 0.29) is 17.4 Å². The maximum atomic E-state index is 13.2. The number of benzene rings is 2. The third-order valence-corrected chi connectivity index (χ3v) is 6.36. The quantitative estimate of drug-likeness (QED) is 0.439. The van der Waals surface area contributed by atoms with E-state index < -0.39 is 17.8 Å². The molecule has 1 aliphatic carbocycles. The summed E-state index contributed by atoms with van der Waals surface area (Å²) in [6, 6.07) is 12.7. The van der Waals surface area contributed by atoms with Gasteiger partial charge < -0.3 is 9.30 Å². The van der Waals surface area contributed by atoms with Crippen LogP contribution in [0.25, 0.3) is 17.0 Å². The number of barbiturate groups is 1. The number of rotatable bonds is 6. The minimum Gasteiger partial charge on any atom is -0.492 e. The molecule has 0 radical (unpaired) electrons. The summed E-state index contributed by atoms with van der Waals surface area (Å²) in [7, 11) is 0. The second-order valence-electron chi connectivity index (χ2n) is 8.53. The van der Waals surface area contributed by atoms with E-state index in [1.165, 1.54) is 17.0 Å². The van der Waals surface area contributed by atoms with E-state index in [1.54, 1.807) is 18.2 Å². The summed E-state index contributed by atoms with van der Waals surface area (Å²) in [5.41, 5.74) is 1.58. The molecule has 7 nitrogen and oxygen atoms in total. The van der Waals surface area contributed by atoms with Crippen LogP contribution < -0.4 is 10.1 Å². The van der Waals surface area contributed by atoms with Crippen molar-refractivity contribution < 1.29 is 23.5 Å². The standard InChI is InChI=1S/C26H24FN3O4/c27-18-9-11-20(12-10-18)34-14-13-29-16-17(21-7-3-4-8-23(21)29)15-22-24(31)28-26(33)30(25(22)32)19-5-1-2-6-19/h3-4,7-12,15-16,19H,1-2,5-6,13-14H2,(H,28,31,33)/b22-15-. The predicted molar refractivity (Wildman–Crippen MR) is 124 cm³/mol. The number of nitrogens with zero attached hydrogens (tertiary/aromatic N) is 2. The average molecular weight is 461 g/mol. The molecule has 174 valence electrons. The molecule has 0 spiro atoms. The number of aromatic nitrogens is 1. The smallest absolute Gasteiger partial charge is 0.331 e. The van der Waals surface area contributed by atoms with Crippen LogP contribution in [-0.4, -0.2) is 40.0 Å². The minimum atomic E-state index is -0.680. The lowest BCUT2D eigenvalue weighted by Gasteiger charge is -2.31. The number of hydrogen-bond acceptors (Lipinski definition) is 4. The van der Waals surface area contributed by atoms with Gasteiger partial charge in [0.25, 0.3) is 11.8 Å². The Morgan fingerprint density at radius 2 is 1.76 bits per heavy atom. The summed E-state index contributed by atoms with van der Waals surface area (Å²) in [5.74, 6) is -0.977. The van der Waals surface area contributed by atoms with Crippen molar-refractivity contribution in [3.05, 3.63) is 71.7 Å². The predicted octanol–water partition coefficient (Wildman–Crippen LogP) is 4.26. The fourth-order valence-electron chi connectivity index (χ4n) is 4.69. The molecule has 2 aliphatic rings. The van der Waals surface area contributed by atoms with Crippen molar-refractivity contribution in [2.45, 2.75) is 38.3 Å². The number of halogens is 1. The molecule has 34 heavy (non-hydrogen) atoms. The van der Waals surface area contributed by atoms with Crippen LogP contribution in [-0.2, 0) is 16.1 Å². The number of urea groups is 1. The van der Waals surface area contributed by atoms with E-state index in [9.17, 15) is 18.8 Å². The Morgan fingerprint density at radius 3 is 2.53 bits per heavy atom. The highest BCUT2D eigenvalue weighted by atomic mass is 19.1. The SMILES string of the molecule is O=C1NC(=O)N(C2CCCC2)C(=O)/C1=C\c1cn(CCOc2ccc(F)cc2)c2ccccc12. The molecule has 0 bridgehead atoms. The van der Waals surface area contributed by atoms with Crippen LogP contribution in [0.5, 0.6) is 5.75 Å². The van der Waals surface area contributed by atoms with Crippen molar-refractivity contribution in [1.29, 1.82) is 0 Å². The highest BCUT2D eigenvalue weighted by Crippen LogP contribution is 2.29. The molecule has 8 heteroatoms. The number of carbonyl (C=O) groups is 3. The first-order valence-electron chi connectivity index (χ1n) is 11.4. The number of carbonyl (C=O) groups excluding carboxylic acids is 3. The largest absolute Gasteiger partial charge is 0.492 e. The van der Waals surface area contributed by atoms with Crippen LogP contribution in [0.3, 0.4) is 0 Å². The molecule has 5 rings (SSSR count). The molecular formula is C26H24FN3O4. The van der Waals surface area contributed by atoms with Gasteiger partial charge in [0, 0.05) is 28.7 Å². The van der Waals surface area contributed by atoms with Gasteiger partial charge in [0.2, 0.25) is 0 Å². The van der Waals surface area contributed by atoms with E-state index in [4.69, 9.17) is 4.74 Å². The van der Waals surface area contributed by atoms with Gasteiger partial charge in [-0.15, -0.1) is 0 Å². The van der Waals surface area contributed by atoms with Gasteiger partial charge in [-0.1, -0.05) is 31.0 Å². The molecule has 0 atom stereocenters. The summed E-state index contributed by atoms with van der Waals surface area (Å²) >= 11 is 0. The first kappa shape index (κ1) is 21.9. The normalized spacial score (nSPS) is 18.2. The number of amides is 4. The zero-order chi connectivity index (χ0) is 23.7. The molecule has 0 unspecified atom stereocenters.